The molecular formula is C12H14BrN3S. The molecule has 0 unspecified atom stereocenters. The molecule has 0 aliphatic heterocycles. The average molecular weight is 312 g/mol. The zero-order valence-electron chi connectivity index (χ0n) is 9.61. The number of nitrogens with one attached hydrogen (secondary N) is 1. The van der Waals surface area contributed by atoms with Crippen LogP contribution in [0.4, 0.5) is 5.82 Å². The maximum absolute atomic E-state index is 4.30. The van der Waals surface area contributed by atoms with Crippen LogP contribution in [0.15, 0.2) is 29.0 Å². The van der Waals surface area contributed by atoms with Gasteiger partial charge in [0.1, 0.15) is 12.1 Å². The Bertz CT molecular complexity index is 504. The van der Waals surface area contributed by atoms with Crippen molar-refractivity contribution in [2.24, 2.45) is 0 Å². The Morgan fingerprint density at radius 1 is 1.35 bits per heavy atom. The summed E-state index contributed by atoms with van der Waals surface area (Å²) in [6.07, 6.45) is 4.87. The minimum atomic E-state index is 0.914. The normalized spacial score (nSPS) is 10.7. The van der Waals surface area contributed by atoms with Crippen LogP contribution in [0.2, 0.25) is 0 Å². The van der Waals surface area contributed by atoms with E-state index in [0.717, 1.165) is 34.2 Å². The maximum atomic E-state index is 4.30. The van der Waals surface area contributed by atoms with Crippen LogP contribution in [0.1, 0.15) is 6.42 Å². The van der Waals surface area contributed by atoms with Crippen molar-refractivity contribution in [3.8, 4) is 0 Å². The summed E-state index contributed by atoms with van der Waals surface area (Å²) in [7, 11) is 0. The van der Waals surface area contributed by atoms with Crippen molar-refractivity contribution in [1.82, 2.24) is 9.97 Å². The lowest BCUT2D eigenvalue weighted by Gasteiger charge is -2.07. The van der Waals surface area contributed by atoms with E-state index in [1.807, 2.05) is 30.0 Å². The zero-order valence-corrected chi connectivity index (χ0v) is 12.0. The molecule has 1 heterocycles. The van der Waals surface area contributed by atoms with Gasteiger partial charge in [0, 0.05) is 16.4 Å². The predicted octanol–water partition coefficient (Wildman–Crippen LogP) is 3.56. The molecule has 2 aromatic rings. The molecule has 0 bridgehead atoms. The zero-order chi connectivity index (χ0) is 12.1. The van der Waals surface area contributed by atoms with Crippen LogP contribution in [0.5, 0.6) is 0 Å². The van der Waals surface area contributed by atoms with Gasteiger partial charge >= 0.3 is 0 Å². The Kier molecular flexibility index (Phi) is 4.62. The summed E-state index contributed by atoms with van der Waals surface area (Å²) in [5.74, 6) is 2.08. The highest BCUT2D eigenvalue weighted by Gasteiger charge is 2.03. The van der Waals surface area contributed by atoms with E-state index < -0.39 is 0 Å². The molecule has 0 atom stereocenters. The topological polar surface area (TPSA) is 37.8 Å². The molecule has 1 aromatic heterocycles. The summed E-state index contributed by atoms with van der Waals surface area (Å²) in [5, 5.41) is 4.43. The third-order valence-electron chi connectivity index (χ3n) is 2.42. The largest absolute Gasteiger partial charge is 0.369 e. The van der Waals surface area contributed by atoms with Crippen LogP contribution in [-0.2, 0) is 0 Å². The van der Waals surface area contributed by atoms with Gasteiger partial charge in [0.15, 0.2) is 0 Å². The molecular weight excluding hydrogens is 298 g/mol. The van der Waals surface area contributed by atoms with E-state index in [9.17, 15) is 0 Å². The highest BCUT2D eigenvalue weighted by Crippen LogP contribution is 2.23. The molecule has 0 spiro atoms. The number of fused-ring (bicyclic) bond motifs is 1. The van der Waals surface area contributed by atoms with Gasteiger partial charge in [-0.25, -0.2) is 9.97 Å². The molecule has 0 radical (unpaired) electrons. The van der Waals surface area contributed by atoms with Crippen molar-refractivity contribution < 1.29 is 0 Å². The fourth-order valence-corrected chi connectivity index (χ4v) is 2.39. The van der Waals surface area contributed by atoms with Gasteiger partial charge in [-0.3, -0.25) is 0 Å². The minimum absolute atomic E-state index is 0.914. The molecule has 2 rings (SSSR count). The van der Waals surface area contributed by atoms with Crippen molar-refractivity contribution in [3.05, 3.63) is 29.0 Å². The lowest BCUT2D eigenvalue weighted by Crippen LogP contribution is -2.05. The fourth-order valence-electron chi connectivity index (χ4n) is 1.59. The number of hydrogen-bond donors (Lipinski definition) is 1. The number of halogens is 1. The van der Waals surface area contributed by atoms with Crippen LogP contribution in [0.3, 0.4) is 0 Å². The molecule has 5 heteroatoms. The molecule has 0 amide bonds. The van der Waals surface area contributed by atoms with Gasteiger partial charge in [0.2, 0.25) is 0 Å². The summed E-state index contributed by atoms with van der Waals surface area (Å²) < 4.78 is 1.05. The number of nitrogens with zero attached hydrogens (tertiary/aromatic N) is 2. The van der Waals surface area contributed by atoms with Crippen molar-refractivity contribution in [2.45, 2.75) is 6.42 Å². The van der Waals surface area contributed by atoms with Crippen molar-refractivity contribution >= 4 is 44.4 Å². The van der Waals surface area contributed by atoms with Gasteiger partial charge in [-0.2, -0.15) is 11.8 Å². The standard InChI is InChI=1S/C12H14BrN3S/c1-17-6-2-5-14-12-10-7-9(13)3-4-11(10)15-8-16-12/h3-4,7-8H,2,5-6H2,1H3,(H,14,15,16). The Balaban J connectivity index is 2.18. The second-order valence-corrected chi connectivity index (χ2v) is 5.56. The molecule has 0 aliphatic rings. The molecule has 0 saturated carbocycles. The monoisotopic (exact) mass is 311 g/mol. The maximum Gasteiger partial charge on any atom is 0.137 e. The fraction of sp³-hybridized carbons (Fsp3) is 0.333. The lowest BCUT2D eigenvalue weighted by atomic mass is 10.2. The van der Waals surface area contributed by atoms with Gasteiger partial charge in [-0.05, 0) is 36.6 Å². The van der Waals surface area contributed by atoms with Crippen LogP contribution in [0.25, 0.3) is 10.9 Å². The SMILES string of the molecule is CSCCCNc1ncnc2ccc(Br)cc12. The molecule has 0 saturated heterocycles. The van der Waals surface area contributed by atoms with Gasteiger partial charge in [0.05, 0.1) is 5.52 Å². The Labute approximate surface area is 114 Å². The van der Waals surface area contributed by atoms with Crippen LogP contribution in [0, 0.1) is 0 Å². The van der Waals surface area contributed by atoms with Crippen molar-refractivity contribution in [1.29, 1.82) is 0 Å². The molecule has 17 heavy (non-hydrogen) atoms. The number of thioether (sulfide) groups is 1. The van der Waals surface area contributed by atoms with E-state index in [1.165, 1.54) is 5.75 Å². The first-order valence-electron chi connectivity index (χ1n) is 5.44. The van der Waals surface area contributed by atoms with Gasteiger partial charge in [0.25, 0.3) is 0 Å². The smallest absolute Gasteiger partial charge is 0.137 e. The Morgan fingerprint density at radius 3 is 3.06 bits per heavy atom. The summed E-state index contributed by atoms with van der Waals surface area (Å²) in [6.45, 7) is 0.944. The van der Waals surface area contributed by atoms with Crippen LogP contribution < -0.4 is 5.32 Å². The number of rotatable bonds is 5. The third-order valence-corrected chi connectivity index (χ3v) is 3.61. The number of hydrogen-bond acceptors (Lipinski definition) is 4. The van der Waals surface area contributed by atoms with E-state index >= 15 is 0 Å². The van der Waals surface area contributed by atoms with E-state index in [4.69, 9.17) is 0 Å². The highest BCUT2D eigenvalue weighted by atomic mass is 79.9. The summed E-state index contributed by atoms with van der Waals surface area (Å²) in [5.41, 5.74) is 0.968. The molecule has 1 aromatic carbocycles. The molecule has 1 N–H and O–H groups in total. The Hall–Kier alpha value is -0.810. The van der Waals surface area contributed by atoms with Gasteiger partial charge < -0.3 is 5.32 Å². The number of aromatic nitrogens is 2. The third kappa shape index (κ3) is 3.33. The minimum Gasteiger partial charge on any atom is -0.369 e. The first-order valence-corrected chi connectivity index (χ1v) is 7.63. The Morgan fingerprint density at radius 2 is 2.24 bits per heavy atom. The first-order chi connectivity index (χ1) is 8.31. The summed E-state index contributed by atoms with van der Waals surface area (Å²) >= 11 is 5.34. The summed E-state index contributed by atoms with van der Waals surface area (Å²) in [4.78, 5) is 8.55. The number of anilines is 1. The lowest BCUT2D eigenvalue weighted by molar-refractivity contribution is 0.982. The average Bonchev–Trinajstić information content (AvgIpc) is 2.35. The van der Waals surface area contributed by atoms with Crippen LogP contribution >= 0.6 is 27.7 Å². The van der Waals surface area contributed by atoms with Crippen LogP contribution in [-0.4, -0.2) is 28.5 Å². The number of benzene rings is 1. The molecule has 0 fully saturated rings. The van der Waals surface area contributed by atoms with Crippen molar-refractivity contribution in [3.63, 3.8) is 0 Å². The van der Waals surface area contributed by atoms with E-state index in [0.29, 0.717) is 0 Å². The van der Waals surface area contributed by atoms with E-state index in [1.54, 1.807) is 6.33 Å². The second-order valence-electron chi connectivity index (χ2n) is 3.66. The van der Waals surface area contributed by atoms with Gasteiger partial charge in [-0.15, -0.1) is 0 Å². The predicted molar refractivity (Wildman–Crippen MR) is 78.7 cm³/mol. The molecule has 3 nitrogen and oxygen atoms in total. The second kappa shape index (κ2) is 6.21. The quantitative estimate of drug-likeness (QED) is 0.857. The molecule has 0 aliphatic carbocycles. The van der Waals surface area contributed by atoms with Crippen molar-refractivity contribution in [2.75, 3.05) is 23.9 Å². The highest BCUT2D eigenvalue weighted by molar-refractivity contribution is 9.10. The van der Waals surface area contributed by atoms with E-state index in [-0.39, 0.29) is 0 Å². The molecule has 90 valence electrons. The summed E-state index contributed by atoms with van der Waals surface area (Å²) in [6, 6.07) is 6.03. The van der Waals surface area contributed by atoms with Gasteiger partial charge in [-0.1, -0.05) is 15.9 Å². The van der Waals surface area contributed by atoms with E-state index in [2.05, 4.69) is 37.5 Å². The first kappa shape index (κ1) is 12.6.